The van der Waals surface area contributed by atoms with Gasteiger partial charge >= 0.3 is 0 Å². The van der Waals surface area contributed by atoms with E-state index in [0.717, 1.165) is 5.52 Å². The summed E-state index contributed by atoms with van der Waals surface area (Å²) in [6.45, 7) is 0.373. The first-order valence-corrected chi connectivity index (χ1v) is 3.91. The molecular formula is C8H8FN3O. The minimum Gasteiger partial charge on any atom is -0.394 e. The fourth-order valence-electron chi connectivity index (χ4n) is 1.21. The fraction of sp³-hybridized carbons (Fsp3) is 0.250. The van der Waals surface area contributed by atoms with Gasteiger partial charge in [-0.3, -0.25) is 0 Å². The third-order valence-corrected chi connectivity index (χ3v) is 1.79. The molecule has 0 aliphatic heterocycles. The lowest BCUT2D eigenvalue weighted by Crippen LogP contribution is -2.03. The molecule has 0 bridgehead atoms. The highest BCUT2D eigenvalue weighted by Gasteiger charge is 2.03. The number of rotatable bonds is 2. The van der Waals surface area contributed by atoms with Crippen LogP contribution in [-0.2, 0) is 6.54 Å². The largest absolute Gasteiger partial charge is 0.394 e. The van der Waals surface area contributed by atoms with Gasteiger partial charge in [0.1, 0.15) is 11.3 Å². The molecular weight excluding hydrogens is 173 g/mol. The summed E-state index contributed by atoms with van der Waals surface area (Å²) >= 11 is 0. The second kappa shape index (κ2) is 3.10. The van der Waals surface area contributed by atoms with Gasteiger partial charge in [-0.05, 0) is 12.1 Å². The van der Waals surface area contributed by atoms with E-state index < -0.39 is 0 Å². The second-order valence-corrected chi connectivity index (χ2v) is 2.67. The Kier molecular flexibility index (Phi) is 1.94. The molecule has 4 nitrogen and oxygen atoms in total. The van der Waals surface area contributed by atoms with Crippen molar-refractivity contribution < 1.29 is 9.50 Å². The Hall–Kier alpha value is -1.49. The van der Waals surface area contributed by atoms with Crippen LogP contribution in [0.15, 0.2) is 18.2 Å². The predicted octanol–water partition coefficient (Wildman–Crippen LogP) is 0.563. The van der Waals surface area contributed by atoms with E-state index in [9.17, 15) is 4.39 Å². The van der Waals surface area contributed by atoms with Crippen molar-refractivity contribution >= 4 is 11.0 Å². The zero-order chi connectivity index (χ0) is 9.26. The Morgan fingerprint density at radius 3 is 3.08 bits per heavy atom. The number of fused-ring (bicyclic) bond motifs is 1. The Morgan fingerprint density at radius 2 is 2.31 bits per heavy atom. The van der Waals surface area contributed by atoms with Crippen LogP contribution in [0.1, 0.15) is 0 Å². The van der Waals surface area contributed by atoms with Crippen molar-refractivity contribution in [1.29, 1.82) is 0 Å². The van der Waals surface area contributed by atoms with E-state index in [1.807, 2.05) is 0 Å². The molecule has 0 radical (unpaired) electrons. The topological polar surface area (TPSA) is 50.9 Å². The summed E-state index contributed by atoms with van der Waals surface area (Å²) in [6.07, 6.45) is 0. The Balaban J connectivity index is 2.55. The van der Waals surface area contributed by atoms with Crippen LogP contribution in [-0.4, -0.2) is 26.7 Å². The van der Waals surface area contributed by atoms with E-state index >= 15 is 0 Å². The van der Waals surface area contributed by atoms with Gasteiger partial charge in [0.2, 0.25) is 0 Å². The summed E-state index contributed by atoms with van der Waals surface area (Å²) in [6, 6.07) is 4.26. The summed E-state index contributed by atoms with van der Waals surface area (Å²) in [5.41, 5.74) is 1.24. The third-order valence-electron chi connectivity index (χ3n) is 1.79. The summed E-state index contributed by atoms with van der Waals surface area (Å²) in [4.78, 5) is 0. The third kappa shape index (κ3) is 1.38. The number of halogens is 1. The van der Waals surface area contributed by atoms with Crippen LogP contribution in [0.5, 0.6) is 0 Å². The van der Waals surface area contributed by atoms with Crippen LogP contribution in [0.25, 0.3) is 11.0 Å². The summed E-state index contributed by atoms with van der Waals surface area (Å²) in [5.74, 6) is -0.330. The smallest absolute Gasteiger partial charge is 0.125 e. The van der Waals surface area contributed by atoms with Gasteiger partial charge in [-0.1, -0.05) is 5.21 Å². The van der Waals surface area contributed by atoms with Gasteiger partial charge in [-0.15, -0.1) is 5.10 Å². The van der Waals surface area contributed by atoms with E-state index in [2.05, 4.69) is 10.3 Å². The Bertz CT molecular complexity index is 426. The molecule has 2 aromatic rings. The van der Waals surface area contributed by atoms with Gasteiger partial charge in [0.05, 0.1) is 18.7 Å². The monoisotopic (exact) mass is 181 g/mol. The lowest BCUT2D eigenvalue weighted by atomic mass is 10.3. The minimum absolute atomic E-state index is 0.00413. The van der Waals surface area contributed by atoms with Crippen LogP contribution >= 0.6 is 0 Å². The van der Waals surface area contributed by atoms with E-state index in [4.69, 9.17) is 5.11 Å². The number of hydrogen-bond acceptors (Lipinski definition) is 3. The van der Waals surface area contributed by atoms with E-state index in [1.54, 1.807) is 6.07 Å². The maximum Gasteiger partial charge on any atom is 0.125 e. The highest BCUT2D eigenvalue weighted by atomic mass is 19.1. The van der Waals surface area contributed by atoms with Crippen molar-refractivity contribution in [3.05, 3.63) is 24.0 Å². The van der Waals surface area contributed by atoms with Crippen molar-refractivity contribution in [3.8, 4) is 0 Å². The molecule has 0 saturated carbocycles. The molecule has 1 aromatic heterocycles. The number of hydrogen-bond donors (Lipinski definition) is 1. The summed E-state index contributed by atoms with van der Waals surface area (Å²) in [7, 11) is 0. The predicted molar refractivity (Wildman–Crippen MR) is 44.6 cm³/mol. The maximum absolute atomic E-state index is 12.7. The van der Waals surface area contributed by atoms with E-state index in [0.29, 0.717) is 12.1 Å². The number of aromatic nitrogens is 3. The second-order valence-electron chi connectivity index (χ2n) is 2.67. The molecule has 1 aromatic carbocycles. The standard InChI is InChI=1S/C8H8FN3O/c9-6-1-2-8-7(5-6)10-11-12(8)3-4-13/h1-2,5,13H,3-4H2. The maximum atomic E-state index is 12.7. The van der Waals surface area contributed by atoms with Crippen molar-refractivity contribution in [3.63, 3.8) is 0 Å². The van der Waals surface area contributed by atoms with Crippen molar-refractivity contribution in [1.82, 2.24) is 15.0 Å². The van der Waals surface area contributed by atoms with E-state index in [1.165, 1.54) is 16.8 Å². The normalized spacial score (nSPS) is 10.9. The number of aliphatic hydroxyl groups is 1. The van der Waals surface area contributed by atoms with Gasteiger partial charge in [-0.2, -0.15) is 0 Å². The average Bonchev–Trinajstić information content (AvgIpc) is 2.49. The van der Waals surface area contributed by atoms with Gasteiger partial charge < -0.3 is 5.11 Å². The van der Waals surface area contributed by atoms with Crippen LogP contribution in [0, 0.1) is 5.82 Å². The van der Waals surface area contributed by atoms with Crippen molar-refractivity contribution in [2.75, 3.05) is 6.61 Å². The molecule has 1 N–H and O–H groups in total. The zero-order valence-electron chi connectivity index (χ0n) is 6.81. The minimum atomic E-state index is -0.330. The van der Waals surface area contributed by atoms with Gasteiger partial charge in [0.15, 0.2) is 0 Å². The molecule has 0 saturated heterocycles. The molecule has 0 aliphatic carbocycles. The van der Waals surface area contributed by atoms with Gasteiger partial charge in [-0.25, -0.2) is 9.07 Å². The summed E-state index contributed by atoms with van der Waals surface area (Å²) < 4.78 is 14.2. The molecule has 5 heteroatoms. The molecule has 0 aliphatic rings. The van der Waals surface area contributed by atoms with Crippen molar-refractivity contribution in [2.24, 2.45) is 0 Å². The number of benzene rings is 1. The first-order chi connectivity index (χ1) is 6.31. The first kappa shape index (κ1) is 8.12. The first-order valence-electron chi connectivity index (χ1n) is 3.91. The summed E-state index contributed by atoms with van der Waals surface area (Å²) in [5, 5.41) is 16.2. The molecule has 2 rings (SSSR count). The van der Waals surface area contributed by atoms with Gasteiger partial charge in [0, 0.05) is 6.07 Å². The Labute approximate surface area is 73.6 Å². The lowest BCUT2D eigenvalue weighted by molar-refractivity contribution is 0.270. The molecule has 0 fully saturated rings. The van der Waals surface area contributed by atoms with Gasteiger partial charge in [0.25, 0.3) is 0 Å². The van der Waals surface area contributed by atoms with Crippen LogP contribution < -0.4 is 0 Å². The molecule has 0 atom stereocenters. The lowest BCUT2D eigenvalue weighted by Gasteiger charge is -1.96. The zero-order valence-corrected chi connectivity index (χ0v) is 6.81. The molecule has 0 spiro atoms. The fourth-order valence-corrected chi connectivity index (χ4v) is 1.21. The highest BCUT2D eigenvalue weighted by molar-refractivity contribution is 5.73. The molecule has 0 unspecified atom stereocenters. The van der Waals surface area contributed by atoms with E-state index in [-0.39, 0.29) is 12.4 Å². The number of aliphatic hydroxyl groups excluding tert-OH is 1. The van der Waals surface area contributed by atoms with Crippen LogP contribution in [0.4, 0.5) is 4.39 Å². The van der Waals surface area contributed by atoms with Crippen molar-refractivity contribution in [2.45, 2.75) is 6.54 Å². The van der Waals surface area contributed by atoms with Crippen LogP contribution in [0.2, 0.25) is 0 Å². The van der Waals surface area contributed by atoms with Crippen LogP contribution in [0.3, 0.4) is 0 Å². The Morgan fingerprint density at radius 1 is 1.46 bits per heavy atom. The average molecular weight is 181 g/mol. The number of nitrogens with zero attached hydrogens (tertiary/aromatic N) is 3. The molecule has 0 amide bonds. The molecule has 13 heavy (non-hydrogen) atoms. The molecule has 1 heterocycles. The SMILES string of the molecule is OCCn1nnc2cc(F)ccc21. The highest BCUT2D eigenvalue weighted by Crippen LogP contribution is 2.11. The quantitative estimate of drug-likeness (QED) is 0.736. The molecule has 68 valence electrons.